The number of aromatic nitrogens is 1. The van der Waals surface area contributed by atoms with Crippen molar-refractivity contribution in [1.82, 2.24) is 14.2 Å². The summed E-state index contributed by atoms with van der Waals surface area (Å²) in [6, 6.07) is 10.4. The maximum absolute atomic E-state index is 13.1. The molecule has 0 radical (unpaired) electrons. The number of hydrogen-bond donors (Lipinski definition) is 0. The van der Waals surface area contributed by atoms with Crippen LogP contribution < -0.4 is 9.64 Å². The fraction of sp³-hybridized carbons (Fsp3) is 0.462. The summed E-state index contributed by atoms with van der Waals surface area (Å²) in [6.07, 6.45) is 2.82. The van der Waals surface area contributed by atoms with Gasteiger partial charge < -0.3 is 14.5 Å². The molecule has 1 unspecified atom stereocenters. The Kier molecular flexibility index (Phi) is 6.93. The molecule has 10 heteroatoms. The summed E-state index contributed by atoms with van der Waals surface area (Å²) in [5.41, 5.74) is 2.56. The van der Waals surface area contributed by atoms with Gasteiger partial charge >= 0.3 is 0 Å². The second-order valence-electron chi connectivity index (χ2n) is 9.52. The summed E-state index contributed by atoms with van der Waals surface area (Å²) in [7, 11) is -1.89. The lowest BCUT2D eigenvalue weighted by Crippen LogP contribution is -2.48. The topological polar surface area (TPSA) is 83.0 Å². The molecule has 0 aliphatic carbocycles. The Hall–Kier alpha value is -2.69. The average molecular weight is 529 g/mol. The smallest absolute Gasteiger partial charge is 0.253 e. The summed E-state index contributed by atoms with van der Waals surface area (Å²) in [4.78, 5) is 22.3. The number of anilines is 1. The van der Waals surface area contributed by atoms with Gasteiger partial charge in [-0.15, -0.1) is 0 Å². The number of piperidine rings is 1. The second-order valence-corrected chi connectivity index (χ2v) is 12.4. The van der Waals surface area contributed by atoms with Crippen LogP contribution in [-0.4, -0.2) is 74.4 Å². The van der Waals surface area contributed by atoms with Crippen LogP contribution in [0.2, 0.25) is 0 Å². The minimum Gasteiger partial charge on any atom is -0.494 e. The normalized spacial score (nSPS) is 19.6. The van der Waals surface area contributed by atoms with Crippen molar-refractivity contribution in [2.75, 3.05) is 44.7 Å². The molecule has 2 aliphatic heterocycles. The maximum atomic E-state index is 13.1. The van der Waals surface area contributed by atoms with Gasteiger partial charge in [0.2, 0.25) is 10.0 Å². The molecule has 5 rings (SSSR count). The van der Waals surface area contributed by atoms with Crippen molar-refractivity contribution in [2.45, 2.75) is 44.0 Å². The molecule has 3 aromatic rings. The van der Waals surface area contributed by atoms with E-state index in [9.17, 15) is 13.2 Å². The molecule has 1 atom stereocenters. The number of carbonyl (C=O) groups excluding carboxylic acids is 1. The van der Waals surface area contributed by atoms with E-state index in [0.29, 0.717) is 38.3 Å². The summed E-state index contributed by atoms with van der Waals surface area (Å²) >= 11 is 1.65. The highest BCUT2D eigenvalue weighted by molar-refractivity contribution is 7.89. The summed E-state index contributed by atoms with van der Waals surface area (Å²) in [5, 5.41) is 0.936. The van der Waals surface area contributed by atoms with Crippen molar-refractivity contribution in [3.05, 3.63) is 47.5 Å². The summed E-state index contributed by atoms with van der Waals surface area (Å²) in [6.45, 7) is 7.12. The number of piperazine rings is 1. The van der Waals surface area contributed by atoms with Gasteiger partial charge in [-0.1, -0.05) is 23.8 Å². The zero-order valence-electron chi connectivity index (χ0n) is 20.9. The molecular formula is C26H32N4O4S2. The third kappa shape index (κ3) is 4.57. The SMILES string of the molecule is COc1ccc(C)c2sc(N3CCN(C(=O)c4ccc(S(=O)(=O)N5CCCCC5C)cc4)CC3)nc12. The number of hydrogen-bond acceptors (Lipinski definition) is 7. The fourth-order valence-electron chi connectivity index (χ4n) is 5.02. The standard InChI is InChI=1S/C26H32N4O4S2/c1-18-7-12-22(34-3)23-24(18)35-26(27-23)29-16-14-28(15-17-29)25(31)20-8-10-21(11-9-20)36(32,33)30-13-5-4-6-19(30)2/h7-12,19H,4-6,13-17H2,1-3H3. The first-order valence-electron chi connectivity index (χ1n) is 12.4. The third-order valence-electron chi connectivity index (χ3n) is 7.20. The molecule has 2 saturated heterocycles. The molecular weight excluding hydrogens is 496 g/mol. The Morgan fingerprint density at radius 1 is 1.03 bits per heavy atom. The number of thiazole rings is 1. The Morgan fingerprint density at radius 2 is 1.75 bits per heavy atom. The molecule has 1 aromatic heterocycles. The van der Waals surface area contributed by atoms with E-state index in [-0.39, 0.29) is 16.8 Å². The predicted octanol–water partition coefficient (Wildman–Crippen LogP) is 4.14. The highest BCUT2D eigenvalue weighted by Crippen LogP contribution is 2.36. The monoisotopic (exact) mass is 528 g/mol. The van der Waals surface area contributed by atoms with Gasteiger partial charge in [-0.05, 0) is 62.6 Å². The van der Waals surface area contributed by atoms with Crippen LogP contribution >= 0.6 is 11.3 Å². The van der Waals surface area contributed by atoms with Crippen LogP contribution in [0.15, 0.2) is 41.3 Å². The highest BCUT2D eigenvalue weighted by atomic mass is 32.2. The molecule has 0 bridgehead atoms. The molecule has 3 heterocycles. The van der Waals surface area contributed by atoms with Gasteiger partial charge in [0.05, 0.1) is 16.7 Å². The Bertz CT molecular complexity index is 1360. The maximum Gasteiger partial charge on any atom is 0.253 e. The number of benzene rings is 2. The van der Waals surface area contributed by atoms with Gasteiger partial charge in [0.1, 0.15) is 11.3 Å². The van der Waals surface area contributed by atoms with E-state index in [1.807, 2.05) is 24.0 Å². The van der Waals surface area contributed by atoms with Gasteiger partial charge in [0, 0.05) is 44.3 Å². The van der Waals surface area contributed by atoms with Crippen LogP contribution in [-0.2, 0) is 10.0 Å². The predicted molar refractivity (Wildman–Crippen MR) is 143 cm³/mol. The number of sulfonamides is 1. The first kappa shape index (κ1) is 25.0. The molecule has 0 N–H and O–H groups in total. The van der Waals surface area contributed by atoms with Crippen LogP contribution in [0, 0.1) is 6.92 Å². The molecule has 192 valence electrons. The van der Waals surface area contributed by atoms with Crippen molar-refractivity contribution in [3.8, 4) is 5.75 Å². The molecule has 0 spiro atoms. The molecule has 2 aromatic carbocycles. The number of ether oxygens (including phenoxy) is 1. The number of aryl methyl sites for hydroxylation is 1. The van der Waals surface area contributed by atoms with E-state index < -0.39 is 10.0 Å². The number of amides is 1. The van der Waals surface area contributed by atoms with Gasteiger partial charge in [-0.25, -0.2) is 13.4 Å². The number of fused-ring (bicyclic) bond motifs is 1. The van der Waals surface area contributed by atoms with Crippen LogP contribution in [0.3, 0.4) is 0 Å². The second kappa shape index (κ2) is 9.99. The molecule has 2 fully saturated rings. The van der Waals surface area contributed by atoms with E-state index >= 15 is 0 Å². The van der Waals surface area contributed by atoms with Crippen molar-refractivity contribution in [3.63, 3.8) is 0 Å². The Balaban J connectivity index is 1.25. The minimum atomic E-state index is -3.55. The van der Waals surface area contributed by atoms with Crippen molar-refractivity contribution >= 4 is 42.6 Å². The number of nitrogens with zero attached hydrogens (tertiary/aromatic N) is 4. The van der Waals surface area contributed by atoms with Crippen LogP contribution in [0.1, 0.15) is 42.1 Å². The zero-order valence-corrected chi connectivity index (χ0v) is 22.6. The highest BCUT2D eigenvalue weighted by Gasteiger charge is 2.31. The lowest BCUT2D eigenvalue weighted by molar-refractivity contribution is 0.0746. The van der Waals surface area contributed by atoms with Crippen molar-refractivity contribution in [1.29, 1.82) is 0 Å². The van der Waals surface area contributed by atoms with Crippen molar-refractivity contribution < 1.29 is 17.9 Å². The van der Waals surface area contributed by atoms with Gasteiger partial charge in [0.25, 0.3) is 5.91 Å². The summed E-state index contributed by atoms with van der Waals surface area (Å²) in [5.74, 6) is 0.693. The van der Waals surface area contributed by atoms with E-state index in [1.54, 1.807) is 47.0 Å². The lowest BCUT2D eigenvalue weighted by atomic mass is 10.1. The lowest BCUT2D eigenvalue weighted by Gasteiger charge is -2.34. The Morgan fingerprint density at radius 3 is 2.42 bits per heavy atom. The van der Waals surface area contributed by atoms with Crippen LogP contribution in [0.5, 0.6) is 5.75 Å². The third-order valence-corrected chi connectivity index (χ3v) is 10.5. The largest absolute Gasteiger partial charge is 0.494 e. The van der Waals surface area contributed by atoms with E-state index in [2.05, 4.69) is 11.8 Å². The quantitative estimate of drug-likeness (QED) is 0.495. The molecule has 2 aliphatic rings. The molecule has 36 heavy (non-hydrogen) atoms. The Labute approximate surface area is 216 Å². The molecule has 1 amide bonds. The number of methoxy groups -OCH3 is 1. The zero-order chi connectivity index (χ0) is 25.4. The first-order chi connectivity index (χ1) is 17.3. The van der Waals surface area contributed by atoms with E-state index in [0.717, 1.165) is 40.4 Å². The number of carbonyl (C=O) groups is 1. The van der Waals surface area contributed by atoms with Gasteiger partial charge in [-0.3, -0.25) is 4.79 Å². The van der Waals surface area contributed by atoms with E-state index in [4.69, 9.17) is 9.72 Å². The van der Waals surface area contributed by atoms with Gasteiger partial charge in [0.15, 0.2) is 5.13 Å². The molecule has 0 saturated carbocycles. The van der Waals surface area contributed by atoms with Gasteiger partial charge in [-0.2, -0.15) is 4.31 Å². The van der Waals surface area contributed by atoms with Crippen molar-refractivity contribution in [2.24, 2.45) is 0 Å². The van der Waals surface area contributed by atoms with Crippen LogP contribution in [0.4, 0.5) is 5.13 Å². The van der Waals surface area contributed by atoms with E-state index in [1.165, 1.54) is 5.56 Å². The minimum absolute atomic E-state index is 0.00165. The molecule has 8 nitrogen and oxygen atoms in total. The summed E-state index contributed by atoms with van der Waals surface area (Å²) < 4.78 is 34.4. The average Bonchev–Trinajstić information content (AvgIpc) is 3.35. The first-order valence-corrected chi connectivity index (χ1v) is 14.7. The fourth-order valence-corrected chi connectivity index (χ4v) is 7.82. The number of rotatable bonds is 5. The van der Waals surface area contributed by atoms with Crippen LogP contribution in [0.25, 0.3) is 10.2 Å².